The minimum atomic E-state index is 0.415. The fourth-order valence-electron chi connectivity index (χ4n) is 0.100. The number of rotatable bonds is 1. The highest BCUT2D eigenvalue weighted by Gasteiger charge is 2.20. The molecule has 1 saturated heterocycles. The van der Waals surface area contributed by atoms with Gasteiger partial charge < -0.3 is 4.74 Å². The summed E-state index contributed by atoms with van der Waals surface area (Å²) in [6.07, 6.45) is 0. The molecule has 0 spiro atoms. The van der Waals surface area contributed by atoms with Gasteiger partial charge in [0.1, 0.15) is 5.44 Å². The van der Waals surface area contributed by atoms with E-state index in [1.54, 1.807) is 0 Å². The van der Waals surface area contributed by atoms with Crippen LogP contribution in [0, 0.1) is 0 Å². The van der Waals surface area contributed by atoms with Gasteiger partial charge in [-0.2, -0.15) is 0 Å². The van der Waals surface area contributed by atoms with E-state index in [-0.39, 0.29) is 0 Å². The van der Waals surface area contributed by atoms with Crippen LogP contribution in [-0.2, 0) is 4.74 Å². The third-order valence-corrected chi connectivity index (χ3v) is 1.63. The molecule has 0 aromatic rings. The second-order valence-corrected chi connectivity index (χ2v) is 2.24. The summed E-state index contributed by atoms with van der Waals surface area (Å²) in [5, 5.41) is 0. The van der Waals surface area contributed by atoms with Crippen LogP contribution in [-0.4, -0.2) is 12.0 Å². The van der Waals surface area contributed by atoms with E-state index < -0.39 is 0 Å². The second-order valence-electron chi connectivity index (χ2n) is 0.868. The van der Waals surface area contributed by atoms with Gasteiger partial charge in [0.25, 0.3) is 0 Å². The Labute approximate surface area is 39.9 Å². The van der Waals surface area contributed by atoms with Gasteiger partial charge in [-0.25, -0.2) is 0 Å². The molecule has 1 aliphatic heterocycles. The average Bonchev–Trinajstić information content (AvgIpc) is 2.12. The number of thiol groups is 1. The summed E-state index contributed by atoms with van der Waals surface area (Å²) in [6.45, 7) is 0.897. The number of epoxide rings is 1. The lowest BCUT2D eigenvalue weighted by Gasteiger charge is -1.69. The molecule has 1 heterocycles. The fraction of sp³-hybridized carbons (Fsp3) is 1.00. The maximum atomic E-state index is 4.74. The molecule has 1 aliphatic rings. The van der Waals surface area contributed by atoms with Gasteiger partial charge in [0.15, 0.2) is 0 Å². The Morgan fingerprint density at radius 3 is 2.60 bits per heavy atom. The monoisotopic (exact) mass is 108 g/mol. The van der Waals surface area contributed by atoms with Gasteiger partial charge in [-0.1, -0.05) is 10.8 Å². The lowest BCUT2D eigenvalue weighted by atomic mass is 11.0. The van der Waals surface area contributed by atoms with E-state index in [9.17, 15) is 0 Å². The maximum absolute atomic E-state index is 4.74. The van der Waals surface area contributed by atoms with Crippen LogP contribution < -0.4 is 0 Å². The van der Waals surface area contributed by atoms with Crippen molar-refractivity contribution in [2.24, 2.45) is 0 Å². The SMILES string of the molecule is SSC1CO1. The van der Waals surface area contributed by atoms with Crippen LogP contribution in [0.2, 0.25) is 0 Å². The minimum Gasteiger partial charge on any atom is -0.361 e. The number of hydrogen-bond acceptors (Lipinski definition) is 3. The molecule has 1 rings (SSSR count). The Bertz CT molecular complexity index is 34.6. The van der Waals surface area contributed by atoms with Gasteiger partial charge in [0.2, 0.25) is 0 Å². The van der Waals surface area contributed by atoms with Crippen molar-refractivity contribution in [2.75, 3.05) is 6.61 Å². The highest BCUT2D eigenvalue weighted by atomic mass is 33.1. The normalized spacial score (nSPS) is 34.2. The molecule has 0 amide bonds. The van der Waals surface area contributed by atoms with E-state index in [2.05, 4.69) is 11.7 Å². The number of hydrogen-bond donors (Lipinski definition) is 1. The predicted molar refractivity (Wildman–Crippen MR) is 26.3 cm³/mol. The Kier molecular flexibility index (Phi) is 1.08. The smallest absolute Gasteiger partial charge is 0.136 e. The lowest BCUT2D eigenvalue weighted by Crippen LogP contribution is -1.58. The molecular weight excluding hydrogens is 104 g/mol. The van der Waals surface area contributed by atoms with Crippen LogP contribution in [0.15, 0.2) is 0 Å². The van der Waals surface area contributed by atoms with E-state index in [0.717, 1.165) is 6.61 Å². The topological polar surface area (TPSA) is 12.5 Å². The van der Waals surface area contributed by atoms with Gasteiger partial charge >= 0.3 is 0 Å². The third-order valence-electron chi connectivity index (χ3n) is 0.420. The largest absolute Gasteiger partial charge is 0.361 e. The molecule has 0 N–H and O–H groups in total. The summed E-state index contributed by atoms with van der Waals surface area (Å²) in [7, 11) is 1.46. The summed E-state index contributed by atoms with van der Waals surface area (Å²) >= 11 is 3.87. The van der Waals surface area contributed by atoms with Crippen molar-refractivity contribution < 1.29 is 4.74 Å². The molecular formula is C2H4OS2. The number of ether oxygens (including phenoxy) is 1. The van der Waals surface area contributed by atoms with Crippen LogP contribution in [0.3, 0.4) is 0 Å². The van der Waals surface area contributed by atoms with Crippen molar-refractivity contribution in [3.8, 4) is 0 Å². The fourth-order valence-corrected chi connectivity index (χ4v) is 0.666. The first-order chi connectivity index (χ1) is 2.43. The van der Waals surface area contributed by atoms with Gasteiger partial charge in [0.05, 0.1) is 6.61 Å². The second kappa shape index (κ2) is 1.41. The zero-order chi connectivity index (χ0) is 3.70. The molecule has 0 aromatic heterocycles. The van der Waals surface area contributed by atoms with E-state index in [0.29, 0.717) is 5.44 Å². The molecule has 30 valence electrons. The summed E-state index contributed by atoms with van der Waals surface area (Å²) in [4.78, 5) is 0. The van der Waals surface area contributed by atoms with E-state index in [1.807, 2.05) is 0 Å². The zero-order valence-electron chi connectivity index (χ0n) is 2.55. The van der Waals surface area contributed by atoms with Gasteiger partial charge in [0, 0.05) is 0 Å². The molecule has 1 atom stereocenters. The van der Waals surface area contributed by atoms with Gasteiger partial charge in [-0.05, 0) is 0 Å². The molecule has 0 saturated carbocycles. The van der Waals surface area contributed by atoms with E-state index in [4.69, 9.17) is 4.74 Å². The Balaban J connectivity index is 2.00. The van der Waals surface area contributed by atoms with Crippen LogP contribution in [0.5, 0.6) is 0 Å². The average molecular weight is 108 g/mol. The van der Waals surface area contributed by atoms with Gasteiger partial charge in [-0.3, -0.25) is 0 Å². The van der Waals surface area contributed by atoms with E-state index in [1.165, 1.54) is 10.8 Å². The Hall–Kier alpha value is 0.660. The molecule has 0 bridgehead atoms. The molecule has 0 radical (unpaired) electrons. The molecule has 1 nitrogen and oxygen atoms in total. The van der Waals surface area contributed by atoms with Crippen LogP contribution in [0.4, 0.5) is 0 Å². The third kappa shape index (κ3) is 1.03. The molecule has 3 heteroatoms. The molecule has 0 aliphatic carbocycles. The molecule has 1 fully saturated rings. The highest BCUT2D eigenvalue weighted by Crippen LogP contribution is 2.26. The summed E-state index contributed by atoms with van der Waals surface area (Å²) < 4.78 is 4.74. The van der Waals surface area contributed by atoms with Crippen molar-refractivity contribution in [2.45, 2.75) is 5.44 Å². The van der Waals surface area contributed by atoms with Crippen molar-refractivity contribution in [3.63, 3.8) is 0 Å². The summed E-state index contributed by atoms with van der Waals surface area (Å²) in [5.74, 6) is 0. The van der Waals surface area contributed by atoms with Crippen LogP contribution in [0.25, 0.3) is 0 Å². The Morgan fingerprint density at radius 1 is 2.00 bits per heavy atom. The summed E-state index contributed by atoms with van der Waals surface area (Å²) in [6, 6.07) is 0. The predicted octanol–water partition coefficient (Wildman–Crippen LogP) is 0.921. The lowest BCUT2D eigenvalue weighted by molar-refractivity contribution is 0.461. The van der Waals surface area contributed by atoms with Gasteiger partial charge in [-0.15, -0.1) is 11.7 Å². The molecule has 1 unspecified atom stereocenters. The van der Waals surface area contributed by atoms with Crippen molar-refractivity contribution in [3.05, 3.63) is 0 Å². The molecule has 0 aromatic carbocycles. The highest BCUT2D eigenvalue weighted by molar-refractivity contribution is 8.68. The minimum absolute atomic E-state index is 0.415. The van der Waals surface area contributed by atoms with E-state index >= 15 is 0 Å². The first kappa shape index (κ1) is 3.84. The van der Waals surface area contributed by atoms with Crippen molar-refractivity contribution in [1.82, 2.24) is 0 Å². The molecule has 5 heavy (non-hydrogen) atoms. The van der Waals surface area contributed by atoms with Crippen molar-refractivity contribution >= 4 is 22.5 Å². The summed E-state index contributed by atoms with van der Waals surface area (Å²) in [5.41, 5.74) is 0.415. The first-order valence-corrected chi connectivity index (χ1v) is 3.28. The van der Waals surface area contributed by atoms with Crippen LogP contribution >= 0.6 is 22.5 Å². The van der Waals surface area contributed by atoms with Crippen LogP contribution in [0.1, 0.15) is 0 Å². The Morgan fingerprint density at radius 2 is 2.60 bits per heavy atom. The zero-order valence-corrected chi connectivity index (χ0v) is 4.26. The van der Waals surface area contributed by atoms with Crippen molar-refractivity contribution in [1.29, 1.82) is 0 Å². The quantitative estimate of drug-likeness (QED) is 0.304. The maximum Gasteiger partial charge on any atom is 0.136 e. The first-order valence-electron chi connectivity index (χ1n) is 1.35. The standard InChI is InChI=1S/C2H4OS2/c4-5-2-1-3-2/h2,4H,1H2.